The summed E-state index contributed by atoms with van der Waals surface area (Å²) in [6.45, 7) is 7.34. The first-order chi connectivity index (χ1) is 12.4. The van der Waals surface area contributed by atoms with Crippen molar-refractivity contribution in [2.75, 3.05) is 32.8 Å². The molecule has 7 heteroatoms. The van der Waals surface area contributed by atoms with E-state index >= 15 is 0 Å². The van der Waals surface area contributed by atoms with Crippen LogP contribution in [0.2, 0.25) is 0 Å². The van der Waals surface area contributed by atoms with Crippen molar-refractivity contribution < 1.29 is 19.1 Å². The Morgan fingerprint density at radius 2 is 1.62 bits per heavy atom. The molecule has 3 amide bonds. The molecule has 1 aliphatic rings. The predicted molar refractivity (Wildman–Crippen MR) is 97.2 cm³/mol. The second-order valence-electron chi connectivity index (χ2n) is 6.77. The molecule has 1 fully saturated rings. The van der Waals surface area contributed by atoms with Crippen molar-refractivity contribution in [3.05, 3.63) is 35.9 Å². The molecule has 0 saturated carbocycles. The van der Waals surface area contributed by atoms with E-state index in [1.54, 1.807) is 30.6 Å². The van der Waals surface area contributed by atoms with Gasteiger partial charge in [0.15, 0.2) is 0 Å². The molecule has 0 radical (unpaired) electrons. The zero-order valence-electron chi connectivity index (χ0n) is 15.7. The van der Waals surface area contributed by atoms with E-state index in [4.69, 9.17) is 4.74 Å². The lowest BCUT2D eigenvalue weighted by Gasteiger charge is -2.37. The van der Waals surface area contributed by atoms with Gasteiger partial charge >= 0.3 is 6.09 Å². The number of rotatable bonds is 5. The van der Waals surface area contributed by atoms with E-state index in [2.05, 4.69) is 5.32 Å². The van der Waals surface area contributed by atoms with Gasteiger partial charge in [-0.1, -0.05) is 30.3 Å². The third-order valence-electron chi connectivity index (χ3n) is 4.49. The number of hydrogen-bond acceptors (Lipinski definition) is 4. The van der Waals surface area contributed by atoms with Crippen molar-refractivity contribution in [1.82, 2.24) is 15.1 Å². The summed E-state index contributed by atoms with van der Waals surface area (Å²) in [4.78, 5) is 40.3. The minimum Gasteiger partial charge on any atom is -0.450 e. The molecular weight excluding hydrogens is 334 g/mol. The number of carbonyl (C=O) groups is 3. The summed E-state index contributed by atoms with van der Waals surface area (Å²) >= 11 is 0. The zero-order chi connectivity index (χ0) is 19.2. The van der Waals surface area contributed by atoms with Crippen LogP contribution in [0.1, 0.15) is 26.3 Å². The maximum Gasteiger partial charge on any atom is 0.409 e. The standard InChI is InChI=1S/C19H27N3O4/c1-4-26-18(25)22-12-10-21(11-13-22)17(24)19(2,3)16(23)20-14-15-8-6-5-7-9-15/h5-9H,4,10-14H2,1-3H3,(H,20,23). The average Bonchev–Trinajstić information content (AvgIpc) is 2.66. The SMILES string of the molecule is CCOC(=O)N1CCN(C(=O)C(C)(C)C(=O)NCc2ccccc2)CC1. The van der Waals surface area contributed by atoms with E-state index in [0.717, 1.165) is 5.56 Å². The molecule has 0 aliphatic carbocycles. The van der Waals surface area contributed by atoms with Gasteiger partial charge in [-0.05, 0) is 26.3 Å². The fraction of sp³-hybridized carbons (Fsp3) is 0.526. The first-order valence-electron chi connectivity index (χ1n) is 8.89. The number of amides is 3. The number of ether oxygens (including phenoxy) is 1. The highest BCUT2D eigenvalue weighted by molar-refractivity contribution is 6.04. The van der Waals surface area contributed by atoms with Gasteiger partial charge in [0.25, 0.3) is 0 Å². The number of carbonyl (C=O) groups excluding carboxylic acids is 3. The largest absolute Gasteiger partial charge is 0.450 e. The van der Waals surface area contributed by atoms with Crippen LogP contribution in [0.25, 0.3) is 0 Å². The summed E-state index contributed by atoms with van der Waals surface area (Å²) in [6.07, 6.45) is -0.362. The van der Waals surface area contributed by atoms with Gasteiger partial charge in [-0.25, -0.2) is 4.79 Å². The van der Waals surface area contributed by atoms with Gasteiger partial charge in [0.05, 0.1) is 6.61 Å². The molecule has 0 atom stereocenters. The lowest BCUT2D eigenvalue weighted by atomic mass is 9.90. The average molecular weight is 361 g/mol. The van der Waals surface area contributed by atoms with Gasteiger partial charge in [-0.2, -0.15) is 0 Å². The lowest BCUT2D eigenvalue weighted by Crippen LogP contribution is -2.56. The molecule has 0 unspecified atom stereocenters. The van der Waals surface area contributed by atoms with E-state index in [0.29, 0.717) is 39.3 Å². The van der Waals surface area contributed by atoms with E-state index in [1.165, 1.54) is 0 Å². The van der Waals surface area contributed by atoms with Crippen molar-refractivity contribution in [2.45, 2.75) is 27.3 Å². The smallest absolute Gasteiger partial charge is 0.409 e. The predicted octanol–water partition coefficient (Wildman–Crippen LogP) is 1.63. The van der Waals surface area contributed by atoms with Crippen LogP contribution in [-0.2, 0) is 20.9 Å². The normalized spacial score (nSPS) is 14.7. The van der Waals surface area contributed by atoms with Crippen LogP contribution in [0.15, 0.2) is 30.3 Å². The molecule has 0 bridgehead atoms. The van der Waals surface area contributed by atoms with Crippen molar-refractivity contribution in [2.24, 2.45) is 5.41 Å². The summed E-state index contributed by atoms with van der Waals surface area (Å²) in [6, 6.07) is 9.56. The molecule has 1 aromatic rings. The Morgan fingerprint density at radius 1 is 1.04 bits per heavy atom. The highest BCUT2D eigenvalue weighted by Crippen LogP contribution is 2.21. The Kier molecular flexibility index (Phi) is 6.60. The molecule has 142 valence electrons. The Morgan fingerprint density at radius 3 is 2.19 bits per heavy atom. The van der Waals surface area contributed by atoms with Crippen molar-refractivity contribution in [3.63, 3.8) is 0 Å². The fourth-order valence-corrected chi connectivity index (χ4v) is 2.80. The number of hydrogen-bond donors (Lipinski definition) is 1. The molecule has 1 aromatic carbocycles. The highest BCUT2D eigenvalue weighted by atomic mass is 16.6. The molecule has 0 aromatic heterocycles. The maximum atomic E-state index is 12.8. The summed E-state index contributed by atoms with van der Waals surface area (Å²) in [5.74, 6) is -0.536. The van der Waals surface area contributed by atoms with E-state index < -0.39 is 5.41 Å². The Bertz CT molecular complexity index is 637. The van der Waals surface area contributed by atoms with E-state index in [-0.39, 0.29) is 17.9 Å². The number of nitrogens with one attached hydrogen (secondary N) is 1. The fourth-order valence-electron chi connectivity index (χ4n) is 2.80. The molecule has 0 spiro atoms. The molecule has 7 nitrogen and oxygen atoms in total. The van der Waals surface area contributed by atoms with Crippen LogP contribution in [0.3, 0.4) is 0 Å². The number of piperazine rings is 1. The third-order valence-corrected chi connectivity index (χ3v) is 4.49. The van der Waals surface area contributed by atoms with Crippen LogP contribution >= 0.6 is 0 Å². The zero-order valence-corrected chi connectivity index (χ0v) is 15.7. The van der Waals surface area contributed by atoms with Crippen LogP contribution in [0, 0.1) is 5.41 Å². The maximum absolute atomic E-state index is 12.8. The topological polar surface area (TPSA) is 79.0 Å². The quantitative estimate of drug-likeness (QED) is 0.809. The van der Waals surface area contributed by atoms with Gasteiger partial charge in [-0.3, -0.25) is 9.59 Å². The van der Waals surface area contributed by atoms with Gasteiger partial charge in [0.1, 0.15) is 5.41 Å². The molecular formula is C19H27N3O4. The highest BCUT2D eigenvalue weighted by Gasteiger charge is 2.40. The third kappa shape index (κ3) is 4.74. The number of nitrogens with zero attached hydrogens (tertiary/aromatic N) is 2. The minimum absolute atomic E-state index is 0.230. The lowest BCUT2D eigenvalue weighted by molar-refractivity contribution is -0.149. The summed E-state index contributed by atoms with van der Waals surface area (Å²) in [7, 11) is 0. The van der Waals surface area contributed by atoms with Gasteiger partial charge in [0.2, 0.25) is 11.8 Å². The number of benzene rings is 1. The first-order valence-corrected chi connectivity index (χ1v) is 8.89. The van der Waals surface area contributed by atoms with Gasteiger partial charge in [0, 0.05) is 32.7 Å². The van der Waals surface area contributed by atoms with Gasteiger partial charge < -0.3 is 19.9 Å². The molecule has 1 saturated heterocycles. The Balaban J connectivity index is 1.89. The molecule has 1 N–H and O–H groups in total. The van der Waals surface area contributed by atoms with Crippen LogP contribution in [0.4, 0.5) is 4.79 Å². The Hall–Kier alpha value is -2.57. The molecule has 2 rings (SSSR count). The monoisotopic (exact) mass is 361 g/mol. The van der Waals surface area contributed by atoms with Crippen LogP contribution in [-0.4, -0.2) is 60.5 Å². The molecule has 26 heavy (non-hydrogen) atoms. The van der Waals surface area contributed by atoms with Crippen LogP contribution in [0.5, 0.6) is 0 Å². The Labute approximate surface area is 154 Å². The summed E-state index contributed by atoms with van der Waals surface area (Å²) in [5.41, 5.74) is -0.187. The van der Waals surface area contributed by atoms with Crippen molar-refractivity contribution in [3.8, 4) is 0 Å². The van der Waals surface area contributed by atoms with E-state index in [9.17, 15) is 14.4 Å². The first kappa shape index (κ1) is 19.8. The van der Waals surface area contributed by atoms with E-state index in [1.807, 2.05) is 30.3 Å². The van der Waals surface area contributed by atoms with Crippen LogP contribution < -0.4 is 5.32 Å². The van der Waals surface area contributed by atoms with Crippen molar-refractivity contribution in [1.29, 1.82) is 0 Å². The summed E-state index contributed by atoms with van der Waals surface area (Å²) in [5, 5.41) is 2.83. The van der Waals surface area contributed by atoms with Crippen molar-refractivity contribution >= 4 is 17.9 Å². The summed E-state index contributed by atoms with van der Waals surface area (Å²) < 4.78 is 4.98. The second kappa shape index (κ2) is 8.69. The molecule has 1 aliphatic heterocycles. The molecule has 1 heterocycles. The van der Waals surface area contributed by atoms with Gasteiger partial charge in [-0.15, -0.1) is 0 Å². The minimum atomic E-state index is -1.17. The second-order valence-corrected chi connectivity index (χ2v) is 6.77.